The van der Waals surface area contributed by atoms with Crippen LogP contribution in [-0.2, 0) is 4.74 Å². The minimum atomic E-state index is 0.551. The van der Waals surface area contributed by atoms with Crippen LogP contribution in [0, 0.1) is 6.92 Å². The summed E-state index contributed by atoms with van der Waals surface area (Å²) in [5.41, 5.74) is 1.06. The first-order valence-corrected chi connectivity index (χ1v) is 4.49. The molecule has 1 rings (SSSR count). The molecule has 0 aliphatic heterocycles. The van der Waals surface area contributed by atoms with Gasteiger partial charge < -0.3 is 9.47 Å². The summed E-state index contributed by atoms with van der Waals surface area (Å²) < 4.78 is 10.2. The second kappa shape index (κ2) is 5.10. The van der Waals surface area contributed by atoms with E-state index >= 15 is 0 Å². The zero-order valence-electron chi connectivity index (χ0n) is 7.84. The van der Waals surface area contributed by atoms with E-state index in [0.717, 1.165) is 16.3 Å². The molecule has 13 heavy (non-hydrogen) atoms. The third-order valence-corrected chi connectivity index (χ3v) is 2.11. The number of hydrogen-bond acceptors (Lipinski definition) is 2. The van der Waals surface area contributed by atoms with Crippen LogP contribution in [0.3, 0.4) is 0 Å². The molecule has 0 aromatic heterocycles. The van der Waals surface area contributed by atoms with E-state index in [4.69, 9.17) is 21.1 Å². The number of benzene rings is 1. The highest BCUT2D eigenvalue weighted by Gasteiger charge is 1.97. The summed E-state index contributed by atoms with van der Waals surface area (Å²) in [4.78, 5) is 0. The van der Waals surface area contributed by atoms with Crippen LogP contribution in [0.5, 0.6) is 5.75 Å². The number of halogens is 1. The molecule has 1 aromatic rings. The van der Waals surface area contributed by atoms with E-state index in [1.54, 1.807) is 7.11 Å². The summed E-state index contributed by atoms with van der Waals surface area (Å²) in [6, 6.07) is 5.65. The molecule has 0 saturated carbocycles. The Morgan fingerprint density at radius 2 is 2.08 bits per heavy atom. The summed E-state index contributed by atoms with van der Waals surface area (Å²) in [6.45, 7) is 3.10. The van der Waals surface area contributed by atoms with Gasteiger partial charge in [0, 0.05) is 12.1 Å². The maximum Gasteiger partial charge on any atom is 0.120 e. The summed E-state index contributed by atoms with van der Waals surface area (Å²) in [5, 5.41) is 0.731. The molecule has 0 amide bonds. The Morgan fingerprint density at radius 3 is 2.69 bits per heavy atom. The van der Waals surface area contributed by atoms with Gasteiger partial charge in [-0.1, -0.05) is 17.7 Å². The van der Waals surface area contributed by atoms with Crippen molar-refractivity contribution in [1.29, 1.82) is 0 Å². The second-order valence-electron chi connectivity index (χ2n) is 2.75. The molecule has 0 atom stereocenters. The SMILES string of the molecule is COCCOc1ccc(C)c(Cl)c1. The maximum absolute atomic E-state index is 5.92. The van der Waals surface area contributed by atoms with Gasteiger partial charge in [-0.3, -0.25) is 0 Å². The molecule has 0 fully saturated rings. The van der Waals surface area contributed by atoms with E-state index < -0.39 is 0 Å². The third-order valence-electron chi connectivity index (χ3n) is 1.70. The molecule has 0 radical (unpaired) electrons. The Morgan fingerprint density at radius 1 is 1.31 bits per heavy atom. The van der Waals surface area contributed by atoms with E-state index in [1.165, 1.54) is 0 Å². The van der Waals surface area contributed by atoms with Crippen LogP contribution in [0.2, 0.25) is 5.02 Å². The first kappa shape index (κ1) is 10.4. The zero-order chi connectivity index (χ0) is 9.68. The molecular weight excluding hydrogens is 188 g/mol. The normalized spacial score (nSPS) is 10.1. The fourth-order valence-electron chi connectivity index (χ4n) is 0.906. The molecule has 0 saturated heterocycles. The van der Waals surface area contributed by atoms with Gasteiger partial charge in [0.15, 0.2) is 0 Å². The molecule has 0 aliphatic rings. The van der Waals surface area contributed by atoms with Crippen LogP contribution >= 0.6 is 11.6 Å². The number of hydrogen-bond donors (Lipinski definition) is 0. The molecule has 0 bridgehead atoms. The van der Waals surface area contributed by atoms with Gasteiger partial charge in [-0.25, -0.2) is 0 Å². The number of ether oxygens (including phenoxy) is 2. The molecule has 0 heterocycles. The lowest BCUT2D eigenvalue weighted by atomic mass is 10.2. The quantitative estimate of drug-likeness (QED) is 0.696. The van der Waals surface area contributed by atoms with Crippen molar-refractivity contribution in [3.8, 4) is 5.75 Å². The first-order valence-electron chi connectivity index (χ1n) is 4.12. The van der Waals surface area contributed by atoms with Gasteiger partial charge in [-0.2, -0.15) is 0 Å². The van der Waals surface area contributed by atoms with Crippen LogP contribution in [0.4, 0.5) is 0 Å². The highest BCUT2D eigenvalue weighted by molar-refractivity contribution is 6.31. The second-order valence-corrected chi connectivity index (χ2v) is 3.16. The van der Waals surface area contributed by atoms with Crippen LogP contribution < -0.4 is 4.74 Å². The Balaban J connectivity index is 2.53. The van der Waals surface area contributed by atoms with Crippen LogP contribution in [-0.4, -0.2) is 20.3 Å². The molecule has 3 heteroatoms. The van der Waals surface area contributed by atoms with Crippen molar-refractivity contribution in [2.75, 3.05) is 20.3 Å². The Bertz CT molecular complexity index is 274. The van der Waals surface area contributed by atoms with E-state index in [-0.39, 0.29) is 0 Å². The van der Waals surface area contributed by atoms with Crippen molar-refractivity contribution in [2.45, 2.75) is 6.92 Å². The van der Waals surface area contributed by atoms with Crippen molar-refractivity contribution >= 4 is 11.6 Å². The van der Waals surface area contributed by atoms with Gasteiger partial charge in [-0.15, -0.1) is 0 Å². The molecule has 0 aliphatic carbocycles. The lowest BCUT2D eigenvalue weighted by molar-refractivity contribution is 0.146. The molecule has 72 valence electrons. The van der Waals surface area contributed by atoms with Crippen LogP contribution in [0.1, 0.15) is 5.56 Å². The van der Waals surface area contributed by atoms with E-state index in [9.17, 15) is 0 Å². The van der Waals surface area contributed by atoms with Crippen molar-refractivity contribution in [3.05, 3.63) is 28.8 Å². The van der Waals surface area contributed by atoms with E-state index in [2.05, 4.69) is 0 Å². The monoisotopic (exact) mass is 200 g/mol. The molecule has 1 aromatic carbocycles. The Kier molecular flexibility index (Phi) is 4.06. The Labute approximate surface area is 83.4 Å². The summed E-state index contributed by atoms with van der Waals surface area (Å²) in [5.74, 6) is 0.785. The summed E-state index contributed by atoms with van der Waals surface area (Å²) in [7, 11) is 1.64. The Hall–Kier alpha value is -0.730. The highest BCUT2D eigenvalue weighted by Crippen LogP contribution is 2.21. The summed E-state index contributed by atoms with van der Waals surface area (Å²) in [6.07, 6.45) is 0. The predicted octanol–water partition coefficient (Wildman–Crippen LogP) is 2.67. The maximum atomic E-state index is 5.92. The minimum Gasteiger partial charge on any atom is -0.491 e. The van der Waals surface area contributed by atoms with E-state index in [1.807, 2.05) is 25.1 Å². The fraction of sp³-hybridized carbons (Fsp3) is 0.400. The van der Waals surface area contributed by atoms with Gasteiger partial charge in [0.25, 0.3) is 0 Å². The minimum absolute atomic E-state index is 0.551. The van der Waals surface area contributed by atoms with Gasteiger partial charge in [0.2, 0.25) is 0 Å². The van der Waals surface area contributed by atoms with Gasteiger partial charge in [0.1, 0.15) is 12.4 Å². The number of rotatable bonds is 4. The average Bonchev–Trinajstić information content (AvgIpc) is 2.12. The topological polar surface area (TPSA) is 18.5 Å². The van der Waals surface area contributed by atoms with Crippen LogP contribution in [0.15, 0.2) is 18.2 Å². The van der Waals surface area contributed by atoms with Crippen molar-refractivity contribution in [3.63, 3.8) is 0 Å². The lowest BCUT2D eigenvalue weighted by Crippen LogP contribution is -2.04. The average molecular weight is 201 g/mol. The first-order chi connectivity index (χ1) is 6.24. The highest BCUT2D eigenvalue weighted by atomic mass is 35.5. The van der Waals surface area contributed by atoms with Gasteiger partial charge in [0.05, 0.1) is 6.61 Å². The standard InChI is InChI=1S/C10H13ClO2/c1-8-3-4-9(7-10(8)11)13-6-5-12-2/h3-4,7H,5-6H2,1-2H3. The van der Waals surface area contributed by atoms with Crippen LogP contribution in [0.25, 0.3) is 0 Å². The third kappa shape index (κ3) is 3.25. The van der Waals surface area contributed by atoms with E-state index in [0.29, 0.717) is 13.2 Å². The molecule has 0 spiro atoms. The van der Waals surface area contributed by atoms with Crippen molar-refractivity contribution < 1.29 is 9.47 Å². The summed E-state index contributed by atoms with van der Waals surface area (Å²) >= 11 is 5.92. The predicted molar refractivity (Wildman–Crippen MR) is 53.6 cm³/mol. The number of aryl methyl sites for hydroxylation is 1. The van der Waals surface area contributed by atoms with Crippen molar-refractivity contribution in [1.82, 2.24) is 0 Å². The lowest BCUT2D eigenvalue weighted by Gasteiger charge is -2.06. The smallest absolute Gasteiger partial charge is 0.120 e. The molecular formula is C10H13ClO2. The molecule has 0 unspecified atom stereocenters. The molecule has 0 N–H and O–H groups in total. The van der Waals surface area contributed by atoms with Gasteiger partial charge >= 0.3 is 0 Å². The molecule has 2 nitrogen and oxygen atoms in total. The zero-order valence-corrected chi connectivity index (χ0v) is 8.60. The van der Waals surface area contributed by atoms with Gasteiger partial charge in [-0.05, 0) is 24.6 Å². The number of methoxy groups -OCH3 is 1. The largest absolute Gasteiger partial charge is 0.491 e. The van der Waals surface area contributed by atoms with Crippen molar-refractivity contribution in [2.24, 2.45) is 0 Å². The fourth-order valence-corrected chi connectivity index (χ4v) is 1.08.